The van der Waals surface area contributed by atoms with Gasteiger partial charge in [0, 0.05) is 32.4 Å². The second-order valence-electron chi connectivity index (χ2n) is 4.31. The van der Waals surface area contributed by atoms with Gasteiger partial charge in [-0.1, -0.05) is 0 Å². The lowest BCUT2D eigenvalue weighted by atomic mass is 10.2. The molecule has 1 aliphatic heterocycles. The van der Waals surface area contributed by atoms with Crippen molar-refractivity contribution in [3.8, 4) is 0 Å². The van der Waals surface area contributed by atoms with Crippen LogP contribution in [0.15, 0.2) is 18.3 Å². The van der Waals surface area contributed by atoms with Gasteiger partial charge in [-0.2, -0.15) is 9.61 Å². The number of rotatable bonds is 2. The predicted octanol–water partition coefficient (Wildman–Crippen LogP) is 0.0905. The minimum Gasteiger partial charge on any atom is -0.314 e. The van der Waals surface area contributed by atoms with Crippen molar-refractivity contribution >= 4 is 5.65 Å². The van der Waals surface area contributed by atoms with Crippen LogP contribution in [0.25, 0.3) is 5.65 Å². The first kappa shape index (κ1) is 10.6. The standard InChI is InChI=1S/C11H16N6/c1-9(16-7-5-12-6-8-16)11-15-14-10-3-2-4-13-17(10)11/h2-4,9,12H,5-8H2,1H3. The van der Waals surface area contributed by atoms with Gasteiger partial charge in [0.2, 0.25) is 0 Å². The molecule has 0 radical (unpaired) electrons. The van der Waals surface area contributed by atoms with Crippen molar-refractivity contribution in [1.29, 1.82) is 0 Å². The highest BCUT2D eigenvalue weighted by atomic mass is 15.4. The van der Waals surface area contributed by atoms with E-state index >= 15 is 0 Å². The van der Waals surface area contributed by atoms with E-state index in [0.717, 1.165) is 37.7 Å². The topological polar surface area (TPSA) is 58.4 Å². The molecule has 0 saturated carbocycles. The van der Waals surface area contributed by atoms with Gasteiger partial charge in [-0.15, -0.1) is 10.2 Å². The van der Waals surface area contributed by atoms with Crippen LogP contribution in [0.1, 0.15) is 18.8 Å². The Balaban J connectivity index is 1.92. The minimum absolute atomic E-state index is 0.252. The number of nitrogens with one attached hydrogen (secondary N) is 1. The molecule has 1 unspecified atom stereocenters. The molecule has 1 fully saturated rings. The van der Waals surface area contributed by atoms with E-state index < -0.39 is 0 Å². The zero-order valence-corrected chi connectivity index (χ0v) is 9.87. The third kappa shape index (κ3) is 1.89. The Morgan fingerprint density at radius 3 is 2.94 bits per heavy atom. The van der Waals surface area contributed by atoms with Gasteiger partial charge in [0.1, 0.15) is 0 Å². The summed E-state index contributed by atoms with van der Waals surface area (Å²) in [5, 5.41) is 16.1. The maximum Gasteiger partial charge on any atom is 0.177 e. The Morgan fingerprint density at radius 1 is 1.29 bits per heavy atom. The largest absolute Gasteiger partial charge is 0.314 e. The molecule has 0 amide bonds. The third-order valence-electron chi connectivity index (χ3n) is 3.28. The molecule has 3 rings (SSSR count). The maximum atomic E-state index is 4.31. The van der Waals surface area contributed by atoms with Gasteiger partial charge in [-0.25, -0.2) is 0 Å². The van der Waals surface area contributed by atoms with Crippen LogP contribution in [-0.4, -0.2) is 50.9 Å². The lowest BCUT2D eigenvalue weighted by molar-refractivity contribution is 0.177. The number of nitrogens with zero attached hydrogens (tertiary/aromatic N) is 5. The fourth-order valence-electron chi connectivity index (χ4n) is 2.25. The Morgan fingerprint density at radius 2 is 2.12 bits per heavy atom. The van der Waals surface area contributed by atoms with E-state index in [1.807, 2.05) is 16.6 Å². The SMILES string of the molecule is CC(c1nnc2cccnn12)N1CCNCC1. The molecule has 6 heteroatoms. The van der Waals surface area contributed by atoms with Gasteiger partial charge in [0.25, 0.3) is 0 Å². The summed E-state index contributed by atoms with van der Waals surface area (Å²) in [4.78, 5) is 2.40. The lowest BCUT2D eigenvalue weighted by Gasteiger charge is -2.31. The number of hydrogen-bond acceptors (Lipinski definition) is 5. The Labute approximate surface area is 99.6 Å². The fraction of sp³-hybridized carbons (Fsp3) is 0.545. The average Bonchev–Trinajstić information content (AvgIpc) is 2.83. The zero-order valence-electron chi connectivity index (χ0n) is 9.87. The van der Waals surface area contributed by atoms with Gasteiger partial charge < -0.3 is 5.32 Å². The summed E-state index contributed by atoms with van der Waals surface area (Å²) in [6.45, 7) is 6.32. The number of piperazine rings is 1. The van der Waals surface area contributed by atoms with E-state index in [9.17, 15) is 0 Å². The fourth-order valence-corrected chi connectivity index (χ4v) is 2.25. The van der Waals surface area contributed by atoms with Crippen LogP contribution >= 0.6 is 0 Å². The summed E-state index contributed by atoms with van der Waals surface area (Å²) in [6, 6.07) is 4.05. The summed E-state index contributed by atoms with van der Waals surface area (Å²) in [7, 11) is 0. The molecular formula is C11H16N6. The summed E-state index contributed by atoms with van der Waals surface area (Å²) in [5.41, 5.74) is 0.810. The van der Waals surface area contributed by atoms with Gasteiger partial charge >= 0.3 is 0 Å². The van der Waals surface area contributed by atoms with Crippen LogP contribution in [0.3, 0.4) is 0 Å². The highest BCUT2D eigenvalue weighted by Gasteiger charge is 2.22. The van der Waals surface area contributed by atoms with Gasteiger partial charge in [-0.3, -0.25) is 4.90 Å². The molecule has 0 aromatic carbocycles. The molecule has 2 aromatic rings. The predicted molar refractivity (Wildman–Crippen MR) is 63.6 cm³/mol. The van der Waals surface area contributed by atoms with Crippen molar-refractivity contribution < 1.29 is 0 Å². The summed E-state index contributed by atoms with van der Waals surface area (Å²) >= 11 is 0. The second kappa shape index (κ2) is 4.38. The molecule has 0 bridgehead atoms. The smallest absolute Gasteiger partial charge is 0.177 e. The van der Waals surface area contributed by atoms with Crippen LogP contribution < -0.4 is 5.32 Å². The lowest BCUT2D eigenvalue weighted by Crippen LogP contribution is -2.44. The van der Waals surface area contributed by atoms with E-state index in [-0.39, 0.29) is 6.04 Å². The normalized spacial score (nSPS) is 19.6. The molecule has 17 heavy (non-hydrogen) atoms. The monoisotopic (exact) mass is 232 g/mol. The van der Waals surface area contributed by atoms with E-state index in [1.165, 1.54) is 0 Å². The van der Waals surface area contributed by atoms with Gasteiger partial charge in [0.05, 0.1) is 6.04 Å². The van der Waals surface area contributed by atoms with E-state index in [4.69, 9.17) is 0 Å². The van der Waals surface area contributed by atoms with Crippen molar-refractivity contribution in [1.82, 2.24) is 30.0 Å². The van der Waals surface area contributed by atoms with Gasteiger partial charge in [-0.05, 0) is 19.1 Å². The Kier molecular flexibility index (Phi) is 2.74. The van der Waals surface area contributed by atoms with Crippen LogP contribution in [0, 0.1) is 0 Å². The molecule has 3 heterocycles. The molecular weight excluding hydrogens is 216 g/mol. The third-order valence-corrected chi connectivity index (χ3v) is 3.28. The van der Waals surface area contributed by atoms with E-state index in [0.29, 0.717) is 0 Å². The van der Waals surface area contributed by atoms with Crippen molar-refractivity contribution in [3.63, 3.8) is 0 Å². The van der Waals surface area contributed by atoms with Gasteiger partial charge in [0.15, 0.2) is 11.5 Å². The summed E-state index contributed by atoms with van der Waals surface area (Å²) < 4.78 is 1.83. The van der Waals surface area contributed by atoms with Crippen LogP contribution in [-0.2, 0) is 0 Å². The molecule has 6 nitrogen and oxygen atoms in total. The molecule has 0 spiro atoms. The Hall–Kier alpha value is -1.53. The second-order valence-corrected chi connectivity index (χ2v) is 4.31. The first-order chi connectivity index (χ1) is 8.36. The van der Waals surface area contributed by atoms with Crippen molar-refractivity contribution in [2.24, 2.45) is 0 Å². The van der Waals surface area contributed by atoms with E-state index in [2.05, 4.69) is 32.4 Å². The molecule has 2 aromatic heterocycles. The average molecular weight is 232 g/mol. The van der Waals surface area contributed by atoms with E-state index in [1.54, 1.807) is 6.20 Å². The van der Waals surface area contributed by atoms with Crippen LogP contribution in [0.2, 0.25) is 0 Å². The molecule has 1 N–H and O–H groups in total. The first-order valence-electron chi connectivity index (χ1n) is 5.97. The number of hydrogen-bond donors (Lipinski definition) is 1. The maximum absolute atomic E-state index is 4.31. The molecule has 0 aliphatic carbocycles. The van der Waals surface area contributed by atoms with Crippen molar-refractivity contribution in [3.05, 3.63) is 24.2 Å². The van der Waals surface area contributed by atoms with Crippen molar-refractivity contribution in [2.45, 2.75) is 13.0 Å². The number of aromatic nitrogens is 4. The molecule has 90 valence electrons. The highest BCUT2D eigenvalue weighted by Crippen LogP contribution is 2.18. The quantitative estimate of drug-likeness (QED) is 0.795. The number of fused-ring (bicyclic) bond motifs is 1. The zero-order chi connectivity index (χ0) is 11.7. The molecule has 1 aliphatic rings. The van der Waals surface area contributed by atoms with Crippen molar-refractivity contribution in [2.75, 3.05) is 26.2 Å². The van der Waals surface area contributed by atoms with Crippen LogP contribution in [0.4, 0.5) is 0 Å². The Bertz CT molecular complexity index is 501. The van der Waals surface area contributed by atoms with Crippen LogP contribution in [0.5, 0.6) is 0 Å². The highest BCUT2D eigenvalue weighted by molar-refractivity contribution is 5.35. The summed E-state index contributed by atoms with van der Waals surface area (Å²) in [6.07, 6.45) is 1.77. The minimum atomic E-state index is 0.252. The summed E-state index contributed by atoms with van der Waals surface area (Å²) in [5.74, 6) is 0.919. The first-order valence-corrected chi connectivity index (χ1v) is 5.97. The molecule has 1 saturated heterocycles. The molecule has 1 atom stereocenters.